The quantitative estimate of drug-likeness (QED) is 0.576. The Hall–Kier alpha value is -2.31. The molecule has 2 rings (SSSR count). The lowest BCUT2D eigenvalue weighted by Gasteiger charge is -2.33. The maximum absolute atomic E-state index is 13.1. The van der Waals surface area contributed by atoms with Crippen LogP contribution in [0.25, 0.3) is 0 Å². The first-order valence-corrected chi connectivity index (χ1v) is 10.7. The van der Waals surface area contributed by atoms with E-state index in [1.54, 1.807) is 18.2 Å². The van der Waals surface area contributed by atoms with Crippen molar-refractivity contribution in [1.29, 1.82) is 0 Å². The van der Waals surface area contributed by atoms with Crippen molar-refractivity contribution in [2.75, 3.05) is 6.61 Å². The molecule has 0 aromatic heterocycles. The molecule has 0 spiro atoms. The van der Waals surface area contributed by atoms with E-state index in [1.807, 2.05) is 27.7 Å². The second kappa shape index (κ2) is 10.8. The van der Waals surface area contributed by atoms with Gasteiger partial charge < -0.3 is 15.0 Å². The van der Waals surface area contributed by atoms with E-state index in [9.17, 15) is 14.0 Å². The van der Waals surface area contributed by atoms with Crippen LogP contribution in [0.5, 0.6) is 5.75 Å². The van der Waals surface area contributed by atoms with E-state index in [1.165, 1.54) is 29.2 Å². The Labute approximate surface area is 192 Å². The minimum Gasteiger partial charge on any atom is -0.484 e. The molecule has 1 atom stereocenters. The highest BCUT2D eigenvalue weighted by atomic mass is 35.5. The summed E-state index contributed by atoms with van der Waals surface area (Å²) in [5, 5.41) is 3.72. The Morgan fingerprint density at radius 2 is 1.68 bits per heavy atom. The number of nitrogens with one attached hydrogen (secondary N) is 1. The first-order valence-electron chi connectivity index (χ1n) is 9.94. The fourth-order valence-corrected chi connectivity index (χ4v) is 3.50. The number of halogens is 3. The summed E-state index contributed by atoms with van der Waals surface area (Å²) in [6.45, 7) is 7.14. The van der Waals surface area contributed by atoms with E-state index in [-0.39, 0.29) is 19.1 Å². The van der Waals surface area contributed by atoms with Gasteiger partial charge in [0, 0.05) is 27.7 Å². The summed E-state index contributed by atoms with van der Waals surface area (Å²) in [4.78, 5) is 27.5. The third-order valence-electron chi connectivity index (χ3n) is 4.45. The van der Waals surface area contributed by atoms with E-state index in [0.717, 1.165) is 0 Å². The molecule has 2 amide bonds. The predicted molar refractivity (Wildman–Crippen MR) is 121 cm³/mol. The molecule has 168 valence electrons. The summed E-state index contributed by atoms with van der Waals surface area (Å²) in [6, 6.07) is 9.66. The van der Waals surface area contributed by atoms with Gasteiger partial charge in [0.05, 0.1) is 0 Å². The van der Waals surface area contributed by atoms with Gasteiger partial charge in [-0.15, -0.1) is 0 Å². The van der Waals surface area contributed by atoms with Gasteiger partial charge in [-0.05, 0) is 63.6 Å². The van der Waals surface area contributed by atoms with Gasteiger partial charge in [0.2, 0.25) is 5.91 Å². The van der Waals surface area contributed by atoms with Gasteiger partial charge in [0.15, 0.2) is 6.61 Å². The van der Waals surface area contributed by atoms with E-state index in [4.69, 9.17) is 27.9 Å². The monoisotopic (exact) mass is 468 g/mol. The van der Waals surface area contributed by atoms with E-state index in [0.29, 0.717) is 27.8 Å². The van der Waals surface area contributed by atoms with Gasteiger partial charge in [-0.1, -0.05) is 36.2 Å². The van der Waals surface area contributed by atoms with Crippen LogP contribution in [0.15, 0.2) is 42.5 Å². The van der Waals surface area contributed by atoms with Crippen LogP contribution in [0.4, 0.5) is 4.39 Å². The molecule has 0 radical (unpaired) electrons. The zero-order chi connectivity index (χ0) is 23.2. The van der Waals surface area contributed by atoms with Crippen LogP contribution < -0.4 is 10.1 Å². The fourth-order valence-electron chi connectivity index (χ4n) is 2.98. The molecule has 0 saturated heterocycles. The fraction of sp³-hybridized carbons (Fsp3) is 0.391. The molecule has 1 unspecified atom stereocenters. The van der Waals surface area contributed by atoms with Crippen LogP contribution >= 0.6 is 23.2 Å². The Bertz CT molecular complexity index is 894. The van der Waals surface area contributed by atoms with Crippen LogP contribution in [-0.4, -0.2) is 34.9 Å². The van der Waals surface area contributed by atoms with Gasteiger partial charge >= 0.3 is 0 Å². The first kappa shape index (κ1) is 25.0. The third-order valence-corrected chi connectivity index (χ3v) is 5.16. The molecule has 31 heavy (non-hydrogen) atoms. The van der Waals surface area contributed by atoms with Crippen LogP contribution in [0.2, 0.25) is 10.0 Å². The predicted octanol–water partition coefficient (Wildman–Crippen LogP) is 5.23. The largest absolute Gasteiger partial charge is 0.484 e. The summed E-state index contributed by atoms with van der Waals surface area (Å²) in [7, 11) is 0. The second-order valence-electron chi connectivity index (χ2n) is 8.13. The zero-order valence-corrected chi connectivity index (χ0v) is 19.6. The number of carbonyl (C=O) groups excluding carboxylic acids is 2. The standard InChI is InChI=1S/C23H27Cl2FN2O3/c1-5-20(22(30)27-23(2,3)4)28(13-17-18(24)7-6-8-19(17)25)21(29)14-31-16-11-9-15(26)10-12-16/h6-12,20H,5,13-14H2,1-4H3,(H,27,30). The van der Waals surface area contributed by atoms with E-state index >= 15 is 0 Å². The van der Waals surface area contributed by atoms with Gasteiger partial charge in [-0.2, -0.15) is 0 Å². The molecule has 0 aliphatic carbocycles. The van der Waals surface area contributed by atoms with Crippen molar-refractivity contribution < 1.29 is 18.7 Å². The van der Waals surface area contributed by atoms with Crippen molar-refractivity contribution in [2.45, 2.75) is 52.2 Å². The molecule has 0 fully saturated rings. The second-order valence-corrected chi connectivity index (χ2v) is 8.94. The number of nitrogens with zero attached hydrogens (tertiary/aromatic N) is 1. The normalized spacial score (nSPS) is 12.2. The number of carbonyl (C=O) groups is 2. The molecule has 2 aromatic carbocycles. The molecule has 0 bridgehead atoms. The van der Waals surface area contributed by atoms with Crippen molar-refractivity contribution in [2.24, 2.45) is 0 Å². The van der Waals surface area contributed by atoms with E-state index in [2.05, 4.69) is 5.32 Å². The summed E-state index contributed by atoms with van der Waals surface area (Å²) in [6.07, 6.45) is 0.381. The van der Waals surface area contributed by atoms with E-state index < -0.39 is 23.3 Å². The molecular formula is C23H27Cl2FN2O3. The van der Waals surface area contributed by atoms with Crippen molar-refractivity contribution >= 4 is 35.0 Å². The zero-order valence-electron chi connectivity index (χ0n) is 18.0. The Kier molecular flexibility index (Phi) is 8.71. The first-order chi connectivity index (χ1) is 14.5. The lowest BCUT2D eigenvalue weighted by Crippen LogP contribution is -2.54. The molecule has 0 aliphatic heterocycles. The van der Waals surface area contributed by atoms with Crippen molar-refractivity contribution in [3.05, 3.63) is 63.9 Å². The van der Waals surface area contributed by atoms with Crippen molar-refractivity contribution in [3.63, 3.8) is 0 Å². The van der Waals surface area contributed by atoms with Crippen molar-refractivity contribution in [1.82, 2.24) is 10.2 Å². The molecule has 0 saturated carbocycles. The maximum atomic E-state index is 13.1. The van der Waals surface area contributed by atoms with Gasteiger partial charge in [0.25, 0.3) is 5.91 Å². The maximum Gasteiger partial charge on any atom is 0.261 e. The Morgan fingerprint density at radius 1 is 1.10 bits per heavy atom. The molecule has 1 N–H and O–H groups in total. The highest BCUT2D eigenvalue weighted by Crippen LogP contribution is 2.27. The highest BCUT2D eigenvalue weighted by Gasteiger charge is 2.31. The van der Waals surface area contributed by atoms with Crippen molar-refractivity contribution in [3.8, 4) is 5.75 Å². The lowest BCUT2D eigenvalue weighted by molar-refractivity contribution is -0.143. The summed E-state index contributed by atoms with van der Waals surface area (Å²) in [5.74, 6) is -0.763. The number of hydrogen-bond donors (Lipinski definition) is 1. The highest BCUT2D eigenvalue weighted by molar-refractivity contribution is 6.36. The summed E-state index contributed by atoms with van der Waals surface area (Å²) < 4.78 is 18.6. The molecule has 0 heterocycles. The topological polar surface area (TPSA) is 58.6 Å². The lowest BCUT2D eigenvalue weighted by atomic mass is 10.1. The summed E-state index contributed by atoms with van der Waals surface area (Å²) >= 11 is 12.6. The minimum atomic E-state index is -0.754. The number of hydrogen-bond acceptors (Lipinski definition) is 3. The van der Waals surface area contributed by atoms with Gasteiger partial charge in [0.1, 0.15) is 17.6 Å². The minimum absolute atomic E-state index is 0.0419. The molecule has 5 nitrogen and oxygen atoms in total. The van der Waals surface area contributed by atoms with Gasteiger partial charge in [-0.25, -0.2) is 4.39 Å². The molecule has 0 aliphatic rings. The van der Waals surface area contributed by atoms with Gasteiger partial charge in [-0.3, -0.25) is 9.59 Å². The van der Waals surface area contributed by atoms with Crippen LogP contribution in [0.3, 0.4) is 0 Å². The van der Waals surface area contributed by atoms with Crippen LogP contribution in [0, 0.1) is 5.82 Å². The summed E-state index contributed by atoms with van der Waals surface area (Å²) in [5.41, 5.74) is 0.0780. The number of benzene rings is 2. The third kappa shape index (κ3) is 7.40. The Balaban J connectivity index is 2.29. The number of amides is 2. The smallest absolute Gasteiger partial charge is 0.261 e. The Morgan fingerprint density at radius 3 is 2.19 bits per heavy atom. The average molecular weight is 469 g/mol. The molecule has 8 heteroatoms. The van der Waals surface area contributed by atoms with Crippen LogP contribution in [0.1, 0.15) is 39.7 Å². The molecular weight excluding hydrogens is 442 g/mol. The number of ether oxygens (including phenoxy) is 1. The number of rotatable bonds is 8. The SMILES string of the molecule is CCC(C(=O)NC(C)(C)C)N(Cc1c(Cl)cccc1Cl)C(=O)COc1ccc(F)cc1. The van der Waals surface area contributed by atoms with Crippen LogP contribution in [-0.2, 0) is 16.1 Å². The molecule has 2 aromatic rings. The average Bonchev–Trinajstić information content (AvgIpc) is 2.68.